The fourth-order valence-corrected chi connectivity index (χ4v) is 3.60. The Labute approximate surface area is 136 Å². The molecule has 1 atom stereocenters. The summed E-state index contributed by atoms with van der Waals surface area (Å²) in [6.07, 6.45) is 0.924. The van der Waals surface area contributed by atoms with Crippen molar-refractivity contribution in [2.75, 3.05) is 6.54 Å². The van der Waals surface area contributed by atoms with Crippen molar-refractivity contribution in [3.8, 4) is 0 Å². The molecule has 1 rings (SSSR count). The Morgan fingerprint density at radius 2 is 2.05 bits per heavy atom. The smallest absolute Gasteiger partial charge is 0.262 e. The first-order chi connectivity index (χ1) is 9.16. The highest BCUT2D eigenvalue weighted by atomic mass is 79.9. The predicted molar refractivity (Wildman–Crippen MR) is 84.0 cm³/mol. The van der Waals surface area contributed by atoms with Gasteiger partial charge in [-0.3, -0.25) is 4.79 Å². The average molecular weight is 403 g/mol. The Morgan fingerprint density at radius 3 is 2.55 bits per heavy atom. The molecule has 4 nitrogen and oxygen atoms in total. The summed E-state index contributed by atoms with van der Waals surface area (Å²) in [7, 11) is 1.28. The Balaban J connectivity index is 3.13. The van der Waals surface area contributed by atoms with Gasteiger partial charge in [0.1, 0.15) is 4.90 Å². The molecule has 0 spiro atoms. The minimum Gasteiger partial charge on any atom is -0.352 e. The third-order valence-electron chi connectivity index (χ3n) is 2.82. The Kier molecular flexibility index (Phi) is 6.31. The van der Waals surface area contributed by atoms with Crippen molar-refractivity contribution in [2.24, 2.45) is 5.92 Å². The standard InChI is InChI=1S/C12H14BrCl2NO3S/c1-3-7(2)6-16-12(17)9-4-8(13)5-10(11(9)14)20(15,18)19/h4-5,7H,3,6H2,1-2H3,(H,16,17). The van der Waals surface area contributed by atoms with Crippen LogP contribution in [0, 0.1) is 5.92 Å². The number of carbonyl (C=O) groups is 1. The Bertz CT molecular complexity index is 619. The van der Waals surface area contributed by atoms with Gasteiger partial charge in [0.2, 0.25) is 0 Å². The Hall–Kier alpha value is -0.300. The zero-order valence-corrected chi connectivity index (χ0v) is 14.8. The lowest BCUT2D eigenvalue weighted by molar-refractivity contribution is 0.0947. The summed E-state index contributed by atoms with van der Waals surface area (Å²) in [6.45, 7) is 4.50. The lowest BCUT2D eigenvalue weighted by Crippen LogP contribution is -2.28. The molecule has 112 valence electrons. The second-order valence-electron chi connectivity index (χ2n) is 4.43. The zero-order chi connectivity index (χ0) is 15.5. The van der Waals surface area contributed by atoms with Gasteiger partial charge < -0.3 is 5.32 Å². The van der Waals surface area contributed by atoms with Gasteiger partial charge in [-0.15, -0.1) is 0 Å². The minimum absolute atomic E-state index is 0.0727. The fourth-order valence-electron chi connectivity index (χ4n) is 1.41. The van der Waals surface area contributed by atoms with Crippen molar-refractivity contribution >= 4 is 53.2 Å². The van der Waals surface area contributed by atoms with Gasteiger partial charge in [-0.05, 0) is 18.1 Å². The van der Waals surface area contributed by atoms with Gasteiger partial charge in [0.25, 0.3) is 15.0 Å². The van der Waals surface area contributed by atoms with Crippen LogP contribution in [0.15, 0.2) is 21.5 Å². The highest BCUT2D eigenvalue weighted by molar-refractivity contribution is 9.10. The van der Waals surface area contributed by atoms with Crippen LogP contribution in [0.25, 0.3) is 0 Å². The molecule has 0 saturated heterocycles. The van der Waals surface area contributed by atoms with E-state index in [1.807, 2.05) is 13.8 Å². The van der Waals surface area contributed by atoms with E-state index in [1.165, 1.54) is 12.1 Å². The van der Waals surface area contributed by atoms with E-state index in [9.17, 15) is 13.2 Å². The largest absolute Gasteiger partial charge is 0.352 e. The first-order valence-corrected chi connectivity index (χ1v) is 9.36. The second-order valence-corrected chi connectivity index (χ2v) is 8.25. The molecule has 0 aliphatic heterocycles. The molecule has 20 heavy (non-hydrogen) atoms. The van der Waals surface area contributed by atoms with Crippen LogP contribution < -0.4 is 5.32 Å². The number of amides is 1. The van der Waals surface area contributed by atoms with Crippen LogP contribution in [0.1, 0.15) is 30.6 Å². The highest BCUT2D eigenvalue weighted by Gasteiger charge is 2.22. The number of hydrogen-bond donors (Lipinski definition) is 1. The summed E-state index contributed by atoms with van der Waals surface area (Å²) in [5, 5.41) is 2.54. The summed E-state index contributed by atoms with van der Waals surface area (Å²) < 4.78 is 23.3. The molecule has 0 aromatic heterocycles. The van der Waals surface area contributed by atoms with Crippen LogP contribution in [-0.2, 0) is 9.05 Å². The lowest BCUT2D eigenvalue weighted by Gasteiger charge is -2.12. The average Bonchev–Trinajstić information content (AvgIpc) is 2.36. The molecule has 0 aliphatic rings. The molecule has 1 N–H and O–H groups in total. The van der Waals surface area contributed by atoms with Crippen molar-refractivity contribution < 1.29 is 13.2 Å². The van der Waals surface area contributed by atoms with Crippen LogP contribution in [0.2, 0.25) is 5.02 Å². The number of rotatable bonds is 5. The first-order valence-electron chi connectivity index (χ1n) is 5.88. The van der Waals surface area contributed by atoms with Crippen LogP contribution in [0.5, 0.6) is 0 Å². The van der Waals surface area contributed by atoms with Crippen molar-refractivity contribution in [1.29, 1.82) is 0 Å². The molecule has 1 amide bonds. The van der Waals surface area contributed by atoms with E-state index in [1.54, 1.807) is 0 Å². The molecule has 8 heteroatoms. The number of benzene rings is 1. The van der Waals surface area contributed by atoms with Gasteiger partial charge in [-0.25, -0.2) is 8.42 Å². The molecule has 1 aromatic carbocycles. The van der Waals surface area contributed by atoms with Crippen LogP contribution >= 0.6 is 38.2 Å². The minimum atomic E-state index is -4.02. The van der Waals surface area contributed by atoms with Crippen molar-refractivity contribution in [3.05, 3.63) is 27.2 Å². The van der Waals surface area contributed by atoms with Gasteiger partial charge in [0.15, 0.2) is 0 Å². The topological polar surface area (TPSA) is 63.2 Å². The molecule has 0 fully saturated rings. The monoisotopic (exact) mass is 401 g/mol. The molecule has 1 aromatic rings. The fraction of sp³-hybridized carbons (Fsp3) is 0.417. The van der Waals surface area contributed by atoms with Crippen molar-refractivity contribution in [2.45, 2.75) is 25.2 Å². The van der Waals surface area contributed by atoms with E-state index in [0.29, 0.717) is 16.9 Å². The van der Waals surface area contributed by atoms with Crippen molar-refractivity contribution in [3.63, 3.8) is 0 Å². The molecule has 0 bridgehead atoms. The second kappa shape index (κ2) is 7.11. The highest BCUT2D eigenvalue weighted by Crippen LogP contribution is 2.31. The number of halogens is 3. The van der Waals surface area contributed by atoms with E-state index >= 15 is 0 Å². The lowest BCUT2D eigenvalue weighted by atomic mass is 10.1. The van der Waals surface area contributed by atoms with E-state index < -0.39 is 15.0 Å². The summed E-state index contributed by atoms with van der Waals surface area (Å²) >= 11 is 9.10. The van der Waals surface area contributed by atoms with Crippen LogP contribution in [-0.4, -0.2) is 20.9 Å². The number of nitrogens with one attached hydrogen (secondary N) is 1. The predicted octanol–water partition coefficient (Wildman–Crippen LogP) is 3.81. The van der Waals surface area contributed by atoms with E-state index in [0.717, 1.165) is 6.42 Å². The van der Waals surface area contributed by atoms with Gasteiger partial charge in [0, 0.05) is 21.7 Å². The molecule has 0 heterocycles. The van der Waals surface area contributed by atoms with E-state index in [-0.39, 0.29) is 15.5 Å². The molecule has 0 radical (unpaired) electrons. The van der Waals surface area contributed by atoms with Crippen LogP contribution in [0.4, 0.5) is 0 Å². The molecule has 0 saturated carbocycles. The van der Waals surface area contributed by atoms with Gasteiger partial charge in [-0.2, -0.15) is 0 Å². The maximum absolute atomic E-state index is 12.1. The zero-order valence-electron chi connectivity index (χ0n) is 10.9. The summed E-state index contributed by atoms with van der Waals surface area (Å²) in [5.74, 6) is -0.112. The van der Waals surface area contributed by atoms with Gasteiger partial charge in [-0.1, -0.05) is 47.8 Å². The number of hydrogen-bond acceptors (Lipinski definition) is 3. The molecular formula is C12H14BrCl2NO3S. The van der Waals surface area contributed by atoms with Crippen molar-refractivity contribution in [1.82, 2.24) is 5.32 Å². The normalized spacial score (nSPS) is 13.1. The van der Waals surface area contributed by atoms with Gasteiger partial charge >= 0.3 is 0 Å². The maximum Gasteiger partial charge on any atom is 0.262 e. The van der Waals surface area contributed by atoms with E-state index in [2.05, 4.69) is 21.2 Å². The maximum atomic E-state index is 12.1. The van der Waals surface area contributed by atoms with Crippen LogP contribution in [0.3, 0.4) is 0 Å². The first kappa shape index (κ1) is 17.8. The molecule has 0 aliphatic carbocycles. The number of carbonyl (C=O) groups excluding carboxylic acids is 1. The summed E-state index contributed by atoms with van der Waals surface area (Å²) in [4.78, 5) is 11.8. The SMILES string of the molecule is CCC(C)CNC(=O)c1cc(Br)cc(S(=O)(=O)Cl)c1Cl. The molecule has 1 unspecified atom stereocenters. The Morgan fingerprint density at radius 1 is 1.45 bits per heavy atom. The third-order valence-corrected chi connectivity index (χ3v) is 5.14. The summed E-state index contributed by atoms with van der Waals surface area (Å²) in [6, 6.07) is 2.72. The van der Waals surface area contributed by atoms with E-state index in [4.69, 9.17) is 22.3 Å². The molecular weight excluding hydrogens is 389 g/mol. The van der Waals surface area contributed by atoms with Gasteiger partial charge in [0.05, 0.1) is 10.6 Å². The quantitative estimate of drug-likeness (QED) is 0.761. The third kappa shape index (κ3) is 4.62. The summed E-state index contributed by atoms with van der Waals surface area (Å²) in [5.41, 5.74) is 0.0727.